The lowest BCUT2D eigenvalue weighted by atomic mass is 9.96. The van der Waals surface area contributed by atoms with Gasteiger partial charge in [0.2, 0.25) is 0 Å². The van der Waals surface area contributed by atoms with E-state index in [1.54, 1.807) is 0 Å². The Labute approximate surface area is 127 Å². The highest BCUT2D eigenvalue weighted by Gasteiger charge is 2.07. The molecule has 0 radical (unpaired) electrons. The Morgan fingerprint density at radius 1 is 1.00 bits per heavy atom. The average Bonchev–Trinajstić information content (AvgIpc) is 2.38. The van der Waals surface area contributed by atoms with Crippen molar-refractivity contribution < 1.29 is 0 Å². The lowest BCUT2D eigenvalue weighted by Gasteiger charge is -2.13. The minimum atomic E-state index is 0.798. The topological polar surface area (TPSA) is 12.0 Å². The monoisotopic (exact) mass is 287 g/mol. The molecule has 0 fully saturated rings. The van der Waals surface area contributed by atoms with Crippen LogP contribution in [0, 0.1) is 13.8 Å². The van der Waals surface area contributed by atoms with E-state index in [9.17, 15) is 0 Å². The number of rotatable bonds is 5. The minimum Gasteiger partial charge on any atom is -0.313 e. The molecule has 106 valence electrons. The summed E-state index contributed by atoms with van der Waals surface area (Å²) < 4.78 is 0. The van der Waals surface area contributed by atoms with Gasteiger partial charge in [-0.1, -0.05) is 53.9 Å². The van der Waals surface area contributed by atoms with Gasteiger partial charge in [0.25, 0.3) is 0 Å². The molecule has 2 aromatic rings. The van der Waals surface area contributed by atoms with Crippen LogP contribution in [0.5, 0.6) is 0 Å². The van der Waals surface area contributed by atoms with Gasteiger partial charge in [-0.25, -0.2) is 0 Å². The standard InChI is InChI=1S/C18H22ClN/c1-4-7-20-12-16-11-17(19)5-6-18(16)15-9-13(2)8-14(3)10-15/h5-6,8-11,20H,4,7,12H2,1-3H3. The van der Waals surface area contributed by atoms with Crippen LogP contribution in [-0.2, 0) is 6.54 Å². The normalized spacial score (nSPS) is 10.8. The molecule has 0 atom stereocenters. The molecule has 0 saturated carbocycles. The molecule has 0 bridgehead atoms. The van der Waals surface area contributed by atoms with E-state index in [1.807, 2.05) is 6.07 Å². The van der Waals surface area contributed by atoms with Crippen LogP contribution in [0.25, 0.3) is 11.1 Å². The Balaban J connectivity index is 2.39. The van der Waals surface area contributed by atoms with Gasteiger partial charge < -0.3 is 5.32 Å². The van der Waals surface area contributed by atoms with Gasteiger partial charge in [0.15, 0.2) is 0 Å². The number of aryl methyl sites for hydroxylation is 2. The molecule has 20 heavy (non-hydrogen) atoms. The van der Waals surface area contributed by atoms with E-state index >= 15 is 0 Å². The van der Waals surface area contributed by atoms with Gasteiger partial charge in [-0.05, 0) is 55.6 Å². The molecule has 0 aromatic heterocycles. The molecule has 0 heterocycles. The van der Waals surface area contributed by atoms with Crippen LogP contribution in [0.4, 0.5) is 0 Å². The summed E-state index contributed by atoms with van der Waals surface area (Å²) in [6.45, 7) is 8.34. The SMILES string of the molecule is CCCNCc1cc(Cl)ccc1-c1cc(C)cc(C)c1. The van der Waals surface area contributed by atoms with E-state index in [0.29, 0.717) is 0 Å². The lowest BCUT2D eigenvalue weighted by molar-refractivity contribution is 0.676. The quantitative estimate of drug-likeness (QED) is 0.752. The van der Waals surface area contributed by atoms with Crippen molar-refractivity contribution in [2.24, 2.45) is 0 Å². The maximum absolute atomic E-state index is 6.15. The highest BCUT2D eigenvalue weighted by atomic mass is 35.5. The number of hydrogen-bond acceptors (Lipinski definition) is 1. The molecular weight excluding hydrogens is 266 g/mol. The van der Waals surface area contributed by atoms with Crippen molar-refractivity contribution in [3.63, 3.8) is 0 Å². The summed E-state index contributed by atoms with van der Waals surface area (Å²) in [5.41, 5.74) is 6.39. The van der Waals surface area contributed by atoms with Crippen LogP contribution in [0.3, 0.4) is 0 Å². The molecule has 0 unspecified atom stereocenters. The third-order valence-electron chi connectivity index (χ3n) is 3.34. The second-order valence-electron chi connectivity index (χ2n) is 5.35. The van der Waals surface area contributed by atoms with Gasteiger partial charge >= 0.3 is 0 Å². The van der Waals surface area contributed by atoms with Crippen LogP contribution in [0.1, 0.15) is 30.0 Å². The molecule has 1 nitrogen and oxygen atoms in total. The molecular formula is C18H22ClN. The zero-order valence-electron chi connectivity index (χ0n) is 12.5. The zero-order valence-corrected chi connectivity index (χ0v) is 13.2. The number of halogens is 1. The van der Waals surface area contributed by atoms with Crippen molar-refractivity contribution in [3.8, 4) is 11.1 Å². The molecule has 0 aliphatic heterocycles. The van der Waals surface area contributed by atoms with Crippen molar-refractivity contribution in [1.82, 2.24) is 5.32 Å². The van der Waals surface area contributed by atoms with Crippen molar-refractivity contribution in [1.29, 1.82) is 0 Å². The Bertz CT molecular complexity index is 570. The van der Waals surface area contributed by atoms with Crippen LogP contribution in [0.15, 0.2) is 36.4 Å². The molecule has 0 saturated heterocycles. The maximum atomic E-state index is 6.15. The first-order chi connectivity index (χ1) is 9.60. The first-order valence-corrected chi connectivity index (χ1v) is 7.55. The second kappa shape index (κ2) is 6.92. The second-order valence-corrected chi connectivity index (χ2v) is 5.79. The smallest absolute Gasteiger partial charge is 0.0409 e. The van der Waals surface area contributed by atoms with Crippen LogP contribution in [-0.4, -0.2) is 6.54 Å². The Morgan fingerprint density at radius 2 is 1.70 bits per heavy atom. The lowest BCUT2D eigenvalue weighted by Crippen LogP contribution is -2.14. The van der Waals surface area contributed by atoms with Crippen molar-refractivity contribution in [2.75, 3.05) is 6.54 Å². The fourth-order valence-corrected chi connectivity index (χ4v) is 2.71. The van der Waals surface area contributed by atoms with Gasteiger partial charge in [0.05, 0.1) is 0 Å². The van der Waals surface area contributed by atoms with E-state index in [1.165, 1.54) is 27.8 Å². The van der Waals surface area contributed by atoms with Gasteiger partial charge in [0.1, 0.15) is 0 Å². The molecule has 0 amide bonds. The predicted octanol–water partition coefficient (Wildman–Crippen LogP) is 5.12. The summed E-state index contributed by atoms with van der Waals surface area (Å²) in [5, 5.41) is 4.26. The summed E-state index contributed by atoms with van der Waals surface area (Å²) in [6.07, 6.45) is 1.14. The van der Waals surface area contributed by atoms with Crippen LogP contribution >= 0.6 is 11.6 Å². The van der Waals surface area contributed by atoms with Gasteiger partial charge in [-0.3, -0.25) is 0 Å². The van der Waals surface area contributed by atoms with Gasteiger partial charge in [-0.15, -0.1) is 0 Å². The molecule has 2 heteroatoms. The Morgan fingerprint density at radius 3 is 2.35 bits per heavy atom. The maximum Gasteiger partial charge on any atom is 0.0409 e. The first-order valence-electron chi connectivity index (χ1n) is 7.18. The molecule has 0 aliphatic carbocycles. The summed E-state index contributed by atoms with van der Waals surface area (Å²) >= 11 is 6.15. The zero-order chi connectivity index (χ0) is 14.5. The Kier molecular flexibility index (Phi) is 5.22. The van der Waals surface area contributed by atoms with E-state index in [4.69, 9.17) is 11.6 Å². The van der Waals surface area contributed by atoms with Gasteiger partial charge in [-0.2, -0.15) is 0 Å². The Hall–Kier alpha value is -1.31. The van der Waals surface area contributed by atoms with E-state index in [2.05, 4.69) is 56.4 Å². The molecule has 0 aliphatic rings. The largest absolute Gasteiger partial charge is 0.313 e. The van der Waals surface area contributed by atoms with Gasteiger partial charge in [0, 0.05) is 11.6 Å². The fraction of sp³-hybridized carbons (Fsp3) is 0.333. The average molecular weight is 288 g/mol. The van der Waals surface area contributed by atoms with E-state index < -0.39 is 0 Å². The number of hydrogen-bond donors (Lipinski definition) is 1. The van der Waals surface area contributed by atoms with Crippen LogP contribution < -0.4 is 5.32 Å². The summed E-state index contributed by atoms with van der Waals surface area (Å²) in [6, 6.07) is 12.8. The molecule has 2 rings (SSSR count). The molecule has 1 N–H and O–H groups in total. The third kappa shape index (κ3) is 3.84. The van der Waals surface area contributed by atoms with Crippen LogP contribution in [0.2, 0.25) is 5.02 Å². The van der Waals surface area contributed by atoms with E-state index in [0.717, 1.165) is 24.5 Å². The number of nitrogens with one attached hydrogen (secondary N) is 1. The molecule has 0 spiro atoms. The highest BCUT2D eigenvalue weighted by Crippen LogP contribution is 2.28. The summed E-state index contributed by atoms with van der Waals surface area (Å²) in [7, 11) is 0. The van der Waals surface area contributed by atoms with E-state index in [-0.39, 0.29) is 0 Å². The summed E-state index contributed by atoms with van der Waals surface area (Å²) in [4.78, 5) is 0. The predicted molar refractivity (Wildman–Crippen MR) is 88.4 cm³/mol. The van der Waals surface area contributed by atoms with Crippen molar-refractivity contribution in [3.05, 3.63) is 58.1 Å². The summed E-state index contributed by atoms with van der Waals surface area (Å²) in [5.74, 6) is 0. The fourth-order valence-electron chi connectivity index (χ4n) is 2.52. The molecule has 2 aromatic carbocycles. The minimum absolute atomic E-state index is 0.798. The van der Waals surface area contributed by atoms with Crippen molar-refractivity contribution >= 4 is 11.6 Å². The first kappa shape index (κ1) is 15.1. The van der Waals surface area contributed by atoms with Crippen molar-refractivity contribution in [2.45, 2.75) is 33.7 Å². The highest BCUT2D eigenvalue weighted by molar-refractivity contribution is 6.30. The number of benzene rings is 2. The third-order valence-corrected chi connectivity index (χ3v) is 3.58.